The van der Waals surface area contributed by atoms with Crippen molar-refractivity contribution in [2.45, 2.75) is 19.8 Å². The Hall–Kier alpha value is -2.50. The number of nitrogens with zero attached hydrogens (tertiary/aromatic N) is 1. The van der Waals surface area contributed by atoms with E-state index in [1.54, 1.807) is 0 Å². The number of benzene rings is 2. The van der Waals surface area contributed by atoms with Gasteiger partial charge in [0.15, 0.2) is 0 Å². The average molecular weight is 340 g/mol. The lowest BCUT2D eigenvalue weighted by atomic mass is 10.0. The Bertz CT molecular complexity index is 845. The maximum absolute atomic E-state index is 10.9. The van der Waals surface area contributed by atoms with Crippen molar-refractivity contribution in [1.29, 1.82) is 0 Å². The monoisotopic (exact) mass is 340 g/mol. The molecular weight excluding hydrogens is 316 g/mol. The number of rotatable bonds is 5. The molecule has 5 nitrogen and oxygen atoms in total. The van der Waals surface area contributed by atoms with Gasteiger partial charge < -0.3 is 15.9 Å². The molecule has 0 spiro atoms. The summed E-state index contributed by atoms with van der Waals surface area (Å²) in [5.74, 6) is -0.604. The maximum atomic E-state index is 10.9. The number of aromatic nitrogens is 1. The largest absolute Gasteiger partial charge is 0.397 e. The molecule has 0 aliphatic rings. The summed E-state index contributed by atoms with van der Waals surface area (Å²) in [4.78, 5) is 15.4. The maximum Gasteiger partial charge on any atom is 0.140 e. The fraction of sp³-hybridized carbons (Fsp3) is 0.300. The standard InChI is InChI=1S/C13H10N2.C7H14O3/c14-11-6-3-5-10-8-9-4-1-2-7-12(9)15-13(10)11;1-2-3-7(10)6(4-8)5-9/h1-8H,14H2;6,8-9H,2-5H2,1H3. The van der Waals surface area contributed by atoms with E-state index in [1.165, 1.54) is 0 Å². The third-order valence-corrected chi connectivity index (χ3v) is 3.97. The number of aliphatic hydroxyl groups is 2. The van der Waals surface area contributed by atoms with Crippen molar-refractivity contribution in [2.24, 2.45) is 5.92 Å². The van der Waals surface area contributed by atoms with E-state index in [4.69, 9.17) is 15.9 Å². The molecule has 3 aromatic rings. The van der Waals surface area contributed by atoms with Crippen LogP contribution in [0.3, 0.4) is 0 Å². The van der Waals surface area contributed by atoms with Gasteiger partial charge in [0.2, 0.25) is 0 Å². The molecule has 0 bridgehead atoms. The van der Waals surface area contributed by atoms with Gasteiger partial charge in [-0.15, -0.1) is 0 Å². The van der Waals surface area contributed by atoms with Crippen LogP contribution in [0, 0.1) is 5.92 Å². The normalized spacial score (nSPS) is 10.7. The summed E-state index contributed by atoms with van der Waals surface area (Å²) in [6.45, 7) is 1.41. The first-order valence-electron chi connectivity index (χ1n) is 8.39. The van der Waals surface area contributed by atoms with Crippen LogP contribution in [0.4, 0.5) is 5.69 Å². The van der Waals surface area contributed by atoms with Crippen LogP contribution in [0.1, 0.15) is 19.8 Å². The third-order valence-electron chi connectivity index (χ3n) is 3.97. The molecule has 0 saturated heterocycles. The predicted octanol–water partition coefficient (Wildman–Crippen LogP) is 2.93. The Balaban J connectivity index is 0.000000199. The van der Waals surface area contributed by atoms with Gasteiger partial charge in [-0.3, -0.25) is 4.79 Å². The second-order valence-corrected chi connectivity index (χ2v) is 5.88. The minimum Gasteiger partial charge on any atom is -0.397 e. The number of aliphatic hydroxyl groups excluding tert-OH is 2. The number of carbonyl (C=O) groups excluding carboxylic acids is 1. The van der Waals surface area contributed by atoms with Crippen molar-refractivity contribution in [2.75, 3.05) is 18.9 Å². The Labute approximate surface area is 147 Å². The molecule has 5 heteroatoms. The van der Waals surface area contributed by atoms with Gasteiger partial charge in [0.1, 0.15) is 5.78 Å². The molecule has 0 amide bonds. The summed E-state index contributed by atoms with van der Waals surface area (Å²) in [7, 11) is 0. The second kappa shape index (κ2) is 9.11. The molecule has 2 aromatic carbocycles. The van der Waals surface area contributed by atoms with Crippen LogP contribution in [0.5, 0.6) is 0 Å². The number of hydrogen-bond donors (Lipinski definition) is 3. The summed E-state index contributed by atoms with van der Waals surface area (Å²) in [5.41, 5.74) is 8.49. The van der Waals surface area contributed by atoms with Crippen LogP contribution in [-0.4, -0.2) is 34.2 Å². The SMILES string of the molecule is CCCC(=O)C(CO)CO.Nc1cccc2cc3ccccc3nc12. The summed E-state index contributed by atoms with van der Waals surface area (Å²) in [6, 6.07) is 16.0. The summed E-state index contributed by atoms with van der Waals surface area (Å²) >= 11 is 0. The van der Waals surface area contributed by atoms with E-state index in [0.717, 1.165) is 33.9 Å². The van der Waals surface area contributed by atoms with Crippen molar-refractivity contribution in [1.82, 2.24) is 4.98 Å². The highest BCUT2D eigenvalue weighted by atomic mass is 16.3. The molecular formula is C20H24N2O3. The number of pyridine rings is 1. The molecule has 0 aliphatic carbocycles. The van der Waals surface area contributed by atoms with E-state index < -0.39 is 5.92 Å². The van der Waals surface area contributed by atoms with Gasteiger partial charge in [-0.25, -0.2) is 4.98 Å². The zero-order valence-corrected chi connectivity index (χ0v) is 14.4. The van der Waals surface area contributed by atoms with Gasteiger partial charge in [-0.1, -0.05) is 37.3 Å². The smallest absolute Gasteiger partial charge is 0.140 e. The molecule has 0 atom stereocenters. The van der Waals surface area contributed by atoms with Gasteiger partial charge in [-0.2, -0.15) is 0 Å². The van der Waals surface area contributed by atoms with Gasteiger partial charge in [-0.05, 0) is 24.6 Å². The number of nitrogens with two attached hydrogens (primary N) is 1. The van der Waals surface area contributed by atoms with Crippen LogP contribution >= 0.6 is 0 Å². The van der Waals surface area contributed by atoms with E-state index in [2.05, 4.69) is 17.1 Å². The van der Waals surface area contributed by atoms with E-state index in [1.807, 2.05) is 43.3 Å². The van der Waals surface area contributed by atoms with Gasteiger partial charge in [0.25, 0.3) is 0 Å². The first-order chi connectivity index (χ1) is 12.1. The molecule has 0 aliphatic heterocycles. The molecule has 0 unspecified atom stereocenters. The zero-order chi connectivity index (χ0) is 18.2. The highest BCUT2D eigenvalue weighted by molar-refractivity contribution is 5.97. The minimum atomic E-state index is -0.556. The number of nitrogen functional groups attached to an aromatic ring is 1. The lowest BCUT2D eigenvalue weighted by molar-refractivity contribution is -0.125. The van der Waals surface area contributed by atoms with Crippen LogP contribution in [0.25, 0.3) is 21.8 Å². The van der Waals surface area contributed by atoms with Gasteiger partial charge in [0.05, 0.1) is 35.9 Å². The zero-order valence-electron chi connectivity index (χ0n) is 14.4. The molecule has 0 saturated carbocycles. The molecule has 1 aromatic heterocycles. The van der Waals surface area contributed by atoms with Crippen molar-refractivity contribution >= 4 is 33.3 Å². The predicted molar refractivity (Wildman–Crippen MR) is 101 cm³/mol. The van der Waals surface area contributed by atoms with Crippen LogP contribution < -0.4 is 5.73 Å². The summed E-state index contributed by atoms with van der Waals surface area (Å²) < 4.78 is 0. The summed E-state index contributed by atoms with van der Waals surface area (Å²) in [5, 5.41) is 19.3. The van der Waals surface area contributed by atoms with E-state index in [9.17, 15) is 4.79 Å². The molecule has 3 rings (SSSR count). The fourth-order valence-electron chi connectivity index (χ4n) is 2.54. The topological polar surface area (TPSA) is 96.4 Å². The number of Topliss-reactive ketones (excluding diaryl/α,β-unsaturated/α-hetero) is 1. The fourth-order valence-corrected chi connectivity index (χ4v) is 2.54. The first-order valence-corrected chi connectivity index (χ1v) is 8.39. The number of ketones is 1. The van der Waals surface area contributed by atoms with Gasteiger partial charge in [0, 0.05) is 17.2 Å². The number of fused-ring (bicyclic) bond motifs is 2. The van der Waals surface area contributed by atoms with Gasteiger partial charge >= 0.3 is 0 Å². The Kier molecular flexibility index (Phi) is 6.86. The second-order valence-electron chi connectivity index (χ2n) is 5.88. The summed E-state index contributed by atoms with van der Waals surface area (Å²) in [6.07, 6.45) is 1.22. The van der Waals surface area contributed by atoms with Crippen molar-refractivity contribution in [3.63, 3.8) is 0 Å². The molecule has 1 heterocycles. The van der Waals surface area contributed by atoms with Crippen molar-refractivity contribution in [3.8, 4) is 0 Å². The highest BCUT2D eigenvalue weighted by Crippen LogP contribution is 2.23. The molecule has 132 valence electrons. The molecule has 25 heavy (non-hydrogen) atoms. The van der Waals surface area contributed by atoms with Crippen molar-refractivity contribution < 1.29 is 15.0 Å². The lowest BCUT2D eigenvalue weighted by Gasteiger charge is -2.07. The highest BCUT2D eigenvalue weighted by Gasteiger charge is 2.14. The number of carbonyl (C=O) groups is 1. The van der Waals surface area contributed by atoms with E-state index in [-0.39, 0.29) is 19.0 Å². The molecule has 0 radical (unpaired) electrons. The van der Waals surface area contributed by atoms with Crippen molar-refractivity contribution in [3.05, 3.63) is 48.5 Å². The number of hydrogen-bond acceptors (Lipinski definition) is 5. The lowest BCUT2D eigenvalue weighted by Crippen LogP contribution is -2.21. The average Bonchev–Trinajstić information content (AvgIpc) is 2.62. The molecule has 0 fully saturated rings. The van der Waals surface area contributed by atoms with E-state index >= 15 is 0 Å². The van der Waals surface area contributed by atoms with Crippen LogP contribution in [-0.2, 0) is 4.79 Å². The Morgan fingerprint density at radius 1 is 1.08 bits per heavy atom. The van der Waals surface area contributed by atoms with Crippen LogP contribution in [0.15, 0.2) is 48.5 Å². The quantitative estimate of drug-likeness (QED) is 0.490. The Morgan fingerprint density at radius 3 is 2.44 bits per heavy atom. The van der Waals surface area contributed by atoms with Crippen LogP contribution in [0.2, 0.25) is 0 Å². The first kappa shape index (κ1) is 18.8. The Morgan fingerprint density at radius 2 is 1.76 bits per heavy atom. The van der Waals surface area contributed by atoms with E-state index in [0.29, 0.717) is 6.42 Å². The number of para-hydroxylation sites is 2. The minimum absolute atomic E-state index is 0.0486. The molecule has 4 N–H and O–H groups in total. The third kappa shape index (κ3) is 4.75. The number of anilines is 1.